The number of hydrogen-bond donors (Lipinski definition) is 3. The van der Waals surface area contributed by atoms with E-state index in [1.807, 2.05) is 0 Å². The third-order valence-electron chi connectivity index (χ3n) is 1.62. The van der Waals surface area contributed by atoms with Gasteiger partial charge in [-0.2, -0.15) is 5.21 Å². The SMILES string of the molecule is CC(NC(=O)COCCN)c1nn[nH]n1. The van der Waals surface area contributed by atoms with Gasteiger partial charge in [0.15, 0.2) is 5.82 Å². The quantitative estimate of drug-likeness (QED) is 0.488. The van der Waals surface area contributed by atoms with Crippen LogP contribution in [0, 0.1) is 0 Å². The molecule has 8 heteroatoms. The second-order valence-corrected chi connectivity index (χ2v) is 2.90. The van der Waals surface area contributed by atoms with E-state index >= 15 is 0 Å². The van der Waals surface area contributed by atoms with Crippen LogP contribution in [0.3, 0.4) is 0 Å². The first kappa shape index (κ1) is 11.5. The molecule has 1 aromatic heterocycles. The Kier molecular flexibility index (Phi) is 4.64. The van der Waals surface area contributed by atoms with E-state index in [9.17, 15) is 4.79 Å². The Hall–Kier alpha value is -1.54. The van der Waals surface area contributed by atoms with Crippen LogP contribution in [0.1, 0.15) is 18.8 Å². The van der Waals surface area contributed by atoms with Crippen molar-refractivity contribution in [3.8, 4) is 0 Å². The fourth-order valence-electron chi connectivity index (χ4n) is 0.949. The lowest BCUT2D eigenvalue weighted by atomic mass is 10.3. The Morgan fingerprint density at radius 2 is 2.53 bits per heavy atom. The number of carbonyl (C=O) groups is 1. The monoisotopic (exact) mass is 214 g/mol. The van der Waals surface area contributed by atoms with Gasteiger partial charge in [0, 0.05) is 6.54 Å². The second kappa shape index (κ2) is 6.04. The van der Waals surface area contributed by atoms with Crippen molar-refractivity contribution in [3.05, 3.63) is 5.82 Å². The molecule has 0 radical (unpaired) electrons. The van der Waals surface area contributed by atoms with E-state index in [0.717, 1.165) is 0 Å². The van der Waals surface area contributed by atoms with Gasteiger partial charge in [-0.05, 0) is 6.92 Å². The lowest BCUT2D eigenvalue weighted by Crippen LogP contribution is -2.31. The number of ether oxygens (including phenoxy) is 1. The van der Waals surface area contributed by atoms with Gasteiger partial charge in [0.25, 0.3) is 0 Å². The van der Waals surface area contributed by atoms with E-state index in [-0.39, 0.29) is 18.6 Å². The van der Waals surface area contributed by atoms with Crippen molar-refractivity contribution in [2.24, 2.45) is 5.73 Å². The average molecular weight is 214 g/mol. The van der Waals surface area contributed by atoms with Crippen LogP contribution in [0.25, 0.3) is 0 Å². The first-order valence-corrected chi connectivity index (χ1v) is 4.54. The minimum Gasteiger partial charge on any atom is -0.370 e. The topological polar surface area (TPSA) is 119 Å². The summed E-state index contributed by atoms with van der Waals surface area (Å²) in [6.45, 7) is 2.50. The maximum Gasteiger partial charge on any atom is 0.246 e. The van der Waals surface area contributed by atoms with Crippen LogP contribution in [0.5, 0.6) is 0 Å². The van der Waals surface area contributed by atoms with E-state index in [4.69, 9.17) is 10.5 Å². The number of nitrogens with two attached hydrogens (primary N) is 1. The van der Waals surface area contributed by atoms with Crippen molar-refractivity contribution in [2.75, 3.05) is 19.8 Å². The van der Waals surface area contributed by atoms with E-state index in [2.05, 4.69) is 25.9 Å². The number of aromatic amines is 1. The number of amides is 1. The molecule has 0 saturated carbocycles. The Balaban J connectivity index is 2.26. The Morgan fingerprint density at radius 1 is 1.73 bits per heavy atom. The molecule has 1 atom stereocenters. The van der Waals surface area contributed by atoms with Crippen LogP contribution >= 0.6 is 0 Å². The summed E-state index contributed by atoms with van der Waals surface area (Å²) in [6.07, 6.45) is 0. The van der Waals surface area contributed by atoms with Gasteiger partial charge >= 0.3 is 0 Å². The van der Waals surface area contributed by atoms with Crippen molar-refractivity contribution in [1.29, 1.82) is 0 Å². The van der Waals surface area contributed by atoms with E-state index in [0.29, 0.717) is 19.0 Å². The van der Waals surface area contributed by atoms with Crippen LogP contribution in [0.15, 0.2) is 0 Å². The predicted molar refractivity (Wildman–Crippen MR) is 50.6 cm³/mol. The molecule has 0 spiro atoms. The number of carbonyl (C=O) groups excluding carboxylic acids is 1. The zero-order valence-electron chi connectivity index (χ0n) is 8.43. The molecule has 1 amide bonds. The van der Waals surface area contributed by atoms with Gasteiger partial charge in [-0.1, -0.05) is 5.21 Å². The van der Waals surface area contributed by atoms with Gasteiger partial charge in [-0.3, -0.25) is 4.79 Å². The van der Waals surface area contributed by atoms with E-state index in [1.54, 1.807) is 6.92 Å². The maximum absolute atomic E-state index is 11.3. The highest BCUT2D eigenvalue weighted by molar-refractivity contribution is 5.77. The lowest BCUT2D eigenvalue weighted by Gasteiger charge is -2.09. The summed E-state index contributed by atoms with van der Waals surface area (Å²) in [5, 5.41) is 15.8. The standard InChI is InChI=1S/C7H14N6O2/c1-5(7-10-12-13-11-7)9-6(14)4-15-3-2-8/h5H,2-4,8H2,1H3,(H,9,14)(H,10,11,12,13). The van der Waals surface area contributed by atoms with Crippen LogP contribution in [-0.2, 0) is 9.53 Å². The summed E-state index contributed by atoms with van der Waals surface area (Å²) in [5.74, 6) is 0.197. The highest BCUT2D eigenvalue weighted by atomic mass is 16.5. The molecule has 1 heterocycles. The first-order valence-electron chi connectivity index (χ1n) is 4.54. The number of hydrogen-bond acceptors (Lipinski definition) is 6. The Bertz CT molecular complexity index is 288. The fraction of sp³-hybridized carbons (Fsp3) is 0.714. The average Bonchev–Trinajstić information content (AvgIpc) is 2.70. The molecule has 0 aliphatic carbocycles. The number of aromatic nitrogens is 4. The van der Waals surface area contributed by atoms with Gasteiger partial charge in [0.05, 0.1) is 12.6 Å². The molecule has 0 aliphatic rings. The van der Waals surface area contributed by atoms with Crippen molar-refractivity contribution in [3.63, 3.8) is 0 Å². The van der Waals surface area contributed by atoms with Crippen LogP contribution < -0.4 is 11.1 Å². The van der Waals surface area contributed by atoms with Crippen molar-refractivity contribution >= 4 is 5.91 Å². The molecule has 0 fully saturated rings. The number of tetrazole rings is 1. The van der Waals surface area contributed by atoms with E-state index in [1.165, 1.54) is 0 Å². The zero-order chi connectivity index (χ0) is 11.1. The van der Waals surface area contributed by atoms with Crippen LogP contribution in [0.2, 0.25) is 0 Å². The molecule has 0 saturated heterocycles. The molecule has 1 aromatic rings. The summed E-state index contributed by atoms with van der Waals surface area (Å²) in [7, 11) is 0. The molecule has 1 rings (SSSR count). The minimum atomic E-state index is -0.294. The molecule has 0 aliphatic heterocycles. The van der Waals surface area contributed by atoms with Gasteiger partial charge < -0.3 is 15.8 Å². The first-order chi connectivity index (χ1) is 7.24. The molecule has 8 nitrogen and oxygen atoms in total. The highest BCUT2D eigenvalue weighted by Gasteiger charge is 2.12. The Labute approximate surface area is 86.6 Å². The molecule has 15 heavy (non-hydrogen) atoms. The molecule has 84 valence electrons. The van der Waals surface area contributed by atoms with Gasteiger partial charge in [0.1, 0.15) is 6.61 Å². The summed E-state index contributed by atoms with van der Waals surface area (Å²) in [5.41, 5.74) is 5.20. The lowest BCUT2D eigenvalue weighted by molar-refractivity contribution is -0.126. The number of nitrogens with zero attached hydrogens (tertiary/aromatic N) is 3. The molecule has 0 bridgehead atoms. The van der Waals surface area contributed by atoms with Gasteiger partial charge in [0.2, 0.25) is 5.91 Å². The summed E-state index contributed by atoms with van der Waals surface area (Å²) >= 11 is 0. The molecule has 1 unspecified atom stereocenters. The number of nitrogens with one attached hydrogen (secondary N) is 2. The summed E-state index contributed by atoms with van der Waals surface area (Å²) in [6, 6.07) is -0.294. The van der Waals surface area contributed by atoms with E-state index < -0.39 is 0 Å². The van der Waals surface area contributed by atoms with Crippen LogP contribution in [-0.4, -0.2) is 46.3 Å². The largest absolute Gasteiger partial charge is 0.370 e. The summed E-state index contributed by atoms with van der Waals surface area (Å²) in [4.78, 5) is 11.3. The Morgan fingerprint density at radius 3 is 3.13 bits per heavy atom. The maximum atomic E-state index is 11.3. The van der Waals surface area contributed by atoms with Crippen molar-refractivity contribution in [2.45, 2.75) is 13.0 Å². The third kappa shape index (κ3) is 4.00. The molecule has 4 N–H and O–H groups in total. The normalized spacial score (nSPS) is 12.4. The van der Waals surface area contributed by atoms with Crippen LogP contribution in [0.4, 0.5) is 0 Å². The van der Waals surface area contributed by atoms with Crippen molar-refractivity contribution in [1.82, 2.24) is 25.9 Å². The van der Waals surface area contributed by atoms with Crippen molar-refractivity contribution < 1.29 is 9.53 Å². The van der Waals surface area contributed by atoms with Gasteiger partial charge in [-0.25, -0.2) is 0 Å². The second-order valence-electron chi connectivity index (χ2n) is 2.90. The number of H-pyrrole nitrogens is 1. The predicted octanol–water partition coefficient (Wildman–Crippen LogP) is -1.65. The summed E-state index contributed by atoms with van der Waals surface area (Å²) < 4.78 is 4.96. The number of rotatable bonds is 6. The highest BCUT2D eigenvalue weighted by Crippen LogP contribution is 2.01. The smallest absolute Gasteiger partial charge is 0.246 e. The molecule has 0 aromatic carbocycles. The molecular formula is C7H14N6O2. The minimum absolute atomic E-state index is 0.0145. The fourth-order valence-corrected chi connectivity index (χ4v) is 0.949. The third-order valence-corrected chi connectivity index (χ3v) is 1.62. The van der Waals surface area contributed by atoms with Gasteiger partial charge in [-0.15, -0.1) is 10.2 Å². The molecular weight excluding hydrogens is 200 g/mol. The zero-order valence-corrected chi connectivity index (χ0v) is 8.43.